The minimum Gasteiger partial charge on any atom is -0.496 e. The first kappa shape index (κ1) is 21.6. The summed E-state index contributed by atoms with van der Waals surface area (Å²) in [5, 5.41) is 0. The predicted octanol–water partition coefficient (Wildman–Crippen LogP) is 3.51. The Kier molecular flexibility index (Phi) is 6.29. The first-order valence-corrected chi connectivity index (χ1v) is 10.4. The number of hydrogen-bond donors (Lipinski definition) is 0. The van der Waals surface area contributed by atoms with Gasteiger partial charge in [0.05, 0.1) is 7.11 Å². The number of hydrogen-bond acceptors (Lipinski definition) is 4. The van der Waals surface area contributed by atoms with Gasteiger partial charge in [-0.15, -0.1) is 0 Å². The van der Waals surface area contributed by atoms with Gasteiger partial charge < -0.3 is 9.30 Å². The molecule has 0 saturated carbocycles. The van der Waals surface area contributed by atoms with Crippen molar-refractivity contribution in [3.05, 3.63) is 55.5 Å². The van der Waals surface area contributed by atoms with Crippen LogP contribution in [0.3, 0.4) is 0 Å². The highest BCUT2D eigenvalue weighted by molar-refractivity contribution is 5.77. The third-order valence-corrected chi connectivity index (χ3v) is 5.58. The van der Waals surface area contributed by atoms with Gasteiger partial charge in [-0.3, -0.25) is 13.9 Å². The summed E-state index contributed by atoms with van der Waals surface area (Å²) in [4.78, 5) is 30.6. The largest absolute Gasteiger partial charge is 0.496 e. The quantitative estimate of drug-likeness (QED) is 0.598. The smallest absolute Gasteiger partial charge is 0.332 e. The summed E-state index contributed by atoms with van der Waals surface area (Å²) in [6.07, 6.45) is 5.37. The molecule has 30 heavy (non-hydrogen) atoms. The number of ether oxygens (including phenoxy) is 1. The van der Waals surface area contributed by atoms with E-state index in [4.69, 9.17) is 4.74 Å². The summed E-state index contributed by atoms with van der Waals surface area (Å²) >= 11 is 0. The van der Waals surface area contributed by atoms with Crippen molar-refractivity contribution in [2.24, 2.45) is 7.05 Å². The van der Waals surface area contributed by atoms with Crippen LogP contribution in [0.4, 0.5) is 0 Å². The molecule has 2 heterocycles. The number of rotatable bonds is 7. The van der Waals surface area contributed by atoms with Crippen molar-refractivity contribution in [3.63, 3.8) is 0 Å². The van der Waals surface area contributed by atoms with Crippen molar-refractivity contribution in [2.45, 2.75) is 53.6 Å². The van der Waals surface area contributed by atoms with Crippen molar-refractivity contribution in [2.75, 3.05) is 7.11 Å². The standard InChI is InChI=1S/C23H30N4O3/c1-7-13-26-21-20(22(28)27(14-8-2)23(26)29)25(5)19(24-21)12-10-17-9-11-18(30-6)16(4)15(17)3/h9-12H,7-8,13-14H2,1-6H3/b12-10+. The Balaban J connectivity index is 2.18. The first-order chi connectivity index (χ1) is 14.3. The van der Waals surface area contributed by atoms with Gasteiger partial charge in [-0.25, -0.2) is 9.78 Å². The molecular weight excluding hydrogens is 380 g/mol. The van der Waals surface area contributed by atoms with Crippen LogP contribution in [0, 0.1) is 13.8 Å². The van der Waals surface area contributed by atoms with Gasteiger partial charge in [0.2, 0.25) is 0 Å². The molecule has 0 unspecified atom stereocenters. The third kappa shape index (κ3) is 3.60. The molecule has 0 spiro atoms. The fourth-order valence-corrected chi connectivity index (χ4v) is 3.76. The average Bonchev–Trinajstić information content (AvgIpc) is 3.06. The summed E-state index contributed by atoms with van der Waals surface area (Å²) < 4.78 is 10.1. The molecule has 0 saturated heterocycles. The molecule has 0 aliphatic carbocycles. The number of imidazole rings is 1. The van der Waals surface area contributed by atoms with E-state index in [9.17, 15) is 9.59 Å². The summed E-state index contributed by atoms with van der Waals surface area (Å²) in [7, 11) is 3.48. The number of methoxy groups -OCH3 is 1. The van der Waals surface area contributed by atoms with Crippen LogP contribution in [0.25, 0.3) is 23.3 Å². The van der Waals surface area contributed by atoms with Crippen molar-refractivity contribution in [1.82, 2.24) is 18.7 Å². The van der Waals surface area contributed by atoms with Gasteiger partial charge >= 0.3 is 5.69 Å². The number of benzene rings is 1. The second-order valence-corrected chi connectivity index (χ2v) is 7.53. The number of fused-ring (bicyclic) bond motifs is 1. The van der Waals surface area contributed by atoms with Crippen molar-refractivity contribution in [1.29, 1.82) is 0 Å². The van der Waals surface area contributed by atoms with E-state index in [0.29, 0.717) is 36.5 Å². The van der Waals surface area contributed by atoms with Crippen molar-refractivity contribution < 1.29 is 4.74 Å². The highest BCUT2D eigenvalue weighted by Gasteiger charge is 2.18. The molecule has 1 aromatic carbocycles. The van der Waals surface area contributed by atoms with Crippen LogP contribution < -0.4 is 16.0 Å². The van der Waals surface area contributed by atoms with E-state index >= 15 is 0 Å². The normalized spacial score (nSPS) is 11.7. The Morgan fingerprint density at radius 1 is 1.00 bits per heavy atom. The van der Waals surface area contributed by atoms with Crippen LogP contribution in [0.2, 0.25) is 0 Å². The number of aromatic nitrogens is 4. The summed E-state index contributed by atoms with van der Waals surface area (Å²) in [5.74, 6) is 1.49. The number of nitrogens with zero attached hydrogens (tertiary/aromatic N) is 4. The molecule has 7 nitrogen and oxygen atoms in total. The highest BCUT2D eigenvalue weighted by atomic mass is 16.5. The van der Waals surface area contributed by atoms with Gasteiger partial charge in [0.25, 0.3) is 5.56 Å². The highest BCUT2D eigenvalue weighted by Crippen LogP contribution is 2.25. The van der Waals surface area contributed by atoms with Gasteiger partial charge in [-0.2, -0.15) is 0 Å². The molecule has 0 bridgehead atoms. The van der Waals surface area contributed by atoms with Crippen LogP contribution in [0.15, 0.2) is 21.7 Å². The maximum absolute atomic E-state index is 13.0. The van der Waals surface area contributed by atoms with Crippen LogP contribution >= 0.6 is 0 Å². The Hall–Kier alpha value is -3.09. The van der Waals surface area contributed by atoms with E-state index in [1.54, 1.807) is 16.2 Å². The van der Waals surface area contributed by atoms with Gasteiger partial charge in [0.15, 0.2) is 11.2 Å². The molecule has 0 aliphatic rings. The zero-order valence-corrected chi connectivity index (χ0v) is 18.7. The molecule has 2 aromatic heterocycles. The topological polar surface area (TPSA) is 71.1 Å². The lowest BCUT2D eigenvalue weighted by Gasteiger charge is -2.10. The van der Waals surface area contributed by atoms with Crippen molar-refractivity contribution in [3.8, 4) is 5.75 Å². The lowest BCUT2D eigenvalue weighted by atomic mass is 10.0. The summed E-state index contributed by atoms with van der Waals surface area (Å²) in [5.41, 5.74) is 3.60. The molecule has 0 fully saturated rings. The molecule has 0 atom stereocenters. The Labute approximate surface area is 176 Å². The van der Waals surface area contributed by atoms with Gasteiger partial charge in [0.1, 0.15) is 11.6 Å². The maximum atomic E-state index is 13.0. The van der Waals surface area contributed by atoms with Gasteiger partial charge in [-0.1, -0.05) is 26.0 Å². The van der Waals surface area contributed by atoms with E-state index < -0.39 is 0 Å². The van der Waals surface area contributed by atoms with E-state index in [1.807, 2.05) is 52.1 Å². The van der Waals surface area contributed by atoms with Crippen LogP contribution in [-0.2, 0) is 20.1 Å². The van der Waals surface area contributed by atoms with E-state index in [2.05, 4.69) is 11.9 Å². The van der Waals surface area contributed by atoms with E-state index in [1.165, 1.54) is 4.57 Å². The zero-order chi connectivity index (χ0) is 22.0. The van der Waals surface area contributed by atoms with Gasteiger partial charge in [-0.05, 0) is 55.5 Å². The average molecular weight is 411 g/mol. The molecule has 0 N–H and O–H groups in total. The summed E-state index contributed by atoms with van der Waals surface area (Å²) in [6, 6.07) is 3.95. The Morgan fingerprint density at radius 2 is 1.67 bits per heavy atom. The molecular formula is C23H30N4O3. The Bertz CT molecular complexity index is 1230. The SMILES string of the molecule is CCCn1c(=O)c2c(nc(/C=C/c3ccc(OC)c(C)c3C)n2C)n(CCC)c1=O. The third-order valence-electron chi connectivity index (χ3n) is 5.58. The van der Waals surface area contributed by atoms with Gasteiger partial charge in [0, 0.05) is 20.1 Å². The second kappa shape index (κ2) is 8.73. The van der Waals surface area contributed by atoms with Crippen molar-refractivity contribution >= 4 is 23.3 Å². The Morgan fingerprint density at radius 3 is 2.30 bits per heavy atom. The van der Waals surface area contributed by atoms with E-state index in [-0.39, 0.29) is 11.2 Å². The minimum absolute atomic E-state index is 0.282. The first-order valence-electron chi connectivity index (χ1n) is 10.4. The molecule has 0 amide bonds. The van der Waals surface area contributed by atoms with Crippen LogP contribution in [0.1, 0.15) is 49.2 Å². The molecule has 0 radical (unpaired) electrons. The molecule has 7 heteroatoms. The fourth-order valence-electron chi connectivity index (χ4n) is 3.76. The maximum Gasteiger partial charge on any atom is 0.332 e. The second-order valence-electron chi connectivity index (χ2n) is 7.53. The summed E-state index contributed by atoms with van der Waals surface area (Å²) in [6.45, 7) is 8.96. The number of aryl methyl sites for hydroxylation is 2. The lowest BCUT2D eigenvalue weighted by Crippen LogP contribution is -2.40. The van der Waals surface area contributed by atoms with Crippen LogP contribution in [0.5, 0.6) is 5.75 Å². The molecule has 3 aromatic rings. The lowest BCUT2D eigenvalue weighted by molar-refractivity contribution is 0.411. The fraction of sp³-hybridized carbons (Fsp3) is 0.435. The van der Waals surface area contributed by atoms with Crippen LogP contribution in [-0.4, -0.2) is 25.8 Å². The molecule has 160 valence electrons. The zero-order valence-electron chi connectivity index (χ0n) is 18.7. The molecule has 3 rings (SSSR count). The monoisotopic (exact) mass is 410 g/mol. The predicted molar refractivity (Wildman–Crippen MR) is 121 cm³/mol. The minimum atomic E-state index is -0.286. The molecule has 0 aliphatic heterocycles. The van der Waals surface area contributed by atoms with E-state index in [0.717, 1.165) is 28.9 Å².